The summed E-state index contributed by atoms with van der Waals surface area (Å²) < 4.78 is 1.39. The molecule has 0 aliphatic heterocycles. The average molecular weight is 175 g/mol. The Morgan fingerprint density at radius 3 is 2.92 bits per heavy atom. The van der Waals surface area contributed by atoms with Gasteiger partial charge in [0.2, 0.25) is 0 Å². The van der Waals surface area contributed by atoms with Crippen LogP contribution in [-0.2, 0) is 6.42 Å². The molecular weight excluding hydrogens is 164 g/mol. The van der Waals surface area contributed by atoms with Crippen molar-refractivity contribution in [3.05, 3.63) is 42.1 Å². The van der Waals surface area contributed by atoms with Gasteiger partial charge in [0.1, 0.15) is 0 Å². The Morgan fingerprint density at radius 2 is 2.08 bits per heavy atom. The topological polar surface area (TPSA) is 0 Å². The number of thiophene rings is 1. The fourth-order valence-electron chi connectivity index (χ4n) is 1.42. The van der Waals surface area contributed by atoms with Crippen LogP contribution in [0.4, 0.5) is 0 Å². The predicted octanol–water partition coefficient (Wildman–Crippen LogP) is 3.67. The van der Waals surface area contributed by atoms with E-state index >= 15 is 0 Å². The highest BCUT2D eigenvalue weighted by atomic mass is 32.1. The molecule has 0 aliphatic carbocycles. The van der Waals surface area contributed by atoms with E-state index in [4.69, 9.17) is 0 Å². The monoisotopic (exact) mass is 175 g/mol. The van der Waals surface area contributed by atoms with Crippen molar-refractivity contribution in [3.63, 3.8) is 0 Å². The molecule has 1 heteroatoms. The van der Waals surface area contributed by atoms with E-state index in [0.29, 0.717) is 0 Å². The maximum absolute atomic E-state index is 3.87. The van der Waals surface area contributed by atoms with E-state index in [1.165, 1.54) is 15.6 Å². The second-order valence-electron chi connectivity index (χ2n) is 2.86. The van der Waals surface area contributed by atoms with Crippen LogP contribution in [0.5, 0.6) is 0 Å². The molecule has 0 saturated heterocycles. The molecule has 0 unspecified atom stereocenters. The quantitative estimate of drug-likeness (QED) is 0.653. The Morgan fingerprint density at radius 1 is 1.25 bits per heavy atom. The first kappa shape index (κ1) is 7.81. The van der Waals surface area contributed by atoms with Gasteiger partial charge in [-0.3, -0.25) is 0 Å². The summed E-state index contributed by atoms with van der Waals surface area (Å²) in [6, 6.07) is 8.55. The van der Waals surface area contributed by atoms with Gasteiger partial charge in [0.15, 0.2) is 0 Å². The van der Waals surface area contributed by atoms with Crippen LogP contribution in [0.25, 0.3) is 10.1 Å². The maximum atomic E-state index is 3.87. The molecule has 0 N–H and O–H groups in total. The van der Waals surface area contributed by atoms with Gasteiger partial charge in [-0.05, 0) is 35.2 Å². The maximum Gasteiger partial charge on any atom is 0.0345 e. The lowest BCUT2D eigenvalue weighted by Crippen LogP contribution is -1.78. The SMILES string of the molecule is [CH2]CCc1csc2ccccc12. The molecular formula is C11H11S. The normalized spacial score (nSPS) is 10.8. The molecule has 0 aliphatic rings. The van der Waals surface area contributed by atoms with Crippen LogP contribution in [0.2, 0.25) is 0 Å². The van der Waals surface area contributed by atoms with Crippen molar-refractivity contribution in [1.29, 1.82) is 0 Å². The van der Waals surface area contributed by atoms with Gasteiger partial charge in [0.05, 0.1) is 0 Å². The average Bonchev–Trinajstić information content (AvgIpc) is 2.50. The Balaban J connectivity index is 2.55. The van der Waals surface area contributed by atoms with Crippen LogP contribution < -0.4 is 0 Å². The minimum atomic E-state index is 0.987. The van der Waals surface area contributed by atoms with Gasteiger partial charge < -0.3 is 0 Å². The van der Waals surface area contributed by atoms with Crippen LogP contribution in [0, 0.1) is 6.92 Å². The molecule has 1 heterocycles. The molecule has 2 rings (SSSR count). The van der Waals surface area contributed by atoms with Crippen molar-refractivity contribution in [2.45, 2.75) is 12.8 Å². The number of hydrogen-bond donors (Lipinski definition) is 0. The van der Waals surface area contributed by atoms with Crippen molar-refractivity contribution >= 4 is 21.4 Å². The Hall–Kier alpha value is -0.820. The van der Waals surface area contributed by atoms with Gasteiger partial charge in [0, 0.05) is 4.70 Å². The van der Waals surface area contributed by atoms with Gasteiger partial charge in [-0.1, -0.05) is 25.1 Å². The third-order valence-electron chi connectivity index (χ3n) is 2.01. The molecule has 0 fully saturated rings. The van der Waals surface area contributed by atoms with Gasteiger partial charge in [-0.15, -0.1) is 11.3 Å². The van der Waals surface area contributed by atoms with Crippen molar-refractivity contribution in [3.8, 4) is 0 Å². The molecule has 2 aromatic rings. The van der Waals surface area contributed by atoms with E-state index < -0.39 is 0 Å². The molecule has 0 nitrogen and oxygen atoms in total. The molecule has 12 heavy (non-hydrogen) atoms. The summed E-state index contributed by atoms with van der Waals surface area (Å²) in [6.07, 6.45) is 2.09. The summed E-state index contributed by atoms with van der Waals surface area (Å²) in [7, 11) is 0. The Bertz CT molecular complexity index is 373. The van der Waals surface area contributed by atoms with Gasteiger partial charge in [-0.25, -0.2) is 0 Å². The van der Waals surface area contributed by atoms with Crippen LogP contribution in [-0.4, -0.2) is 0 Å². The van der Waals surface area contributed by atoms with Gasteiger partial charge in [0.25, 0.3) is 0 Å². The number of fused-ring (bicyclic) bond motifs is 1. The molecule has 0 atom stereocenters. The first-order valence-corrected chi connectivity index (χ1v) is 5.04. The van der Waals surface area contributed by atoms with Gasteiger partial charge in [-0.2, -0.15) is 0 Å². The summed E-state index contributed by atoms with van der Waals surface area (Å²) in [5, 5.41) is 3.65. The minimum absolute atomic E-state index is 0.987. The lowest BCUT2D eigenvalue weighted by molar-refractivity contribution is 1.02. The third kappa shape index (κ3) is 1.25. The summed E-state index contributed by atoms with van der Waals surface area (Å²) in [6.45, 7) is 3.87. The van der Waals surface area contributed by atoms with Crippen LogP contribution in [0.15, 0.2) is 29.6 Å². The second-order valence-corrected chi connectivity index (χ2v) is 3.77. The van der Waals surface area contributed by atoms with Gasteiger partial charge >= 0.3 is 0 Å². The zero-order valence-corrected chi connectivity index (χ0v) is 7.73. The smallest absolute Gasteiger partial charge is 0.0345 e. The number of aryl methyl sites for hydroxylation is 1. The first-order valence-electron chi connectivity index (χ1n) is 4.16. The van der Waals surface area contributed by atoms with Crippen molar-refractivity contribution in [1.82, 2.24) is 0 Å². The fourth-order valence-corrected chi connectivity index (χ4v) is 2.41. The summed E-state index contributed by atoms with van der Waals surface area (Å²) >= 11 is 1.83. The second kappa shape index (κ2) is 3.28. The molecule has 0 spiro atoms. The molecule has 0 saturated carbocycles. The zero-order valence-electron chi connectivity index (χ0n) is 6.92. The molecule has 0 amide bonds. The number of benzene rings is 1. The van der Waals surface area contributed by atoms with E-state index in [9.17, 15) is 0 Å². The molecule has 0 bridgehead atoms. The molecule has 61 valence electrons. The number of hydrogen-bond acceptors (Lipinski definition) is 1. The highest BCUT2D eigenvalue weighted by molar-refractivity contribution is 7.17. The lowest BCUT2D eigenvalue weighted by Gasteiger charge is -1.93. The van der Waals surface area contributed by atoms with E-state index in [0.717, 1.165) is 12.8 Å². The first-order chi connectivity index (χ1) is 5.92. The Labute approximate surface area is 76.8 Å². The Kier molecular flexibility index (Phi) is 2.13. The minimum Gasteiger partial charge on any atom is -0.144 e. The summed E-state index contributed by atoms with van der Waals surface area (Å²) in [5.74, 6) is 0. The van der Waals surface area contributed by atoms with Crippen molar-refractivity contribution in [2.75, 3.05) is 0 Å². The predicted molar refractivity (Wildman–Crippen MR) is 55.5 cm³/mol. The molecule has 1 radical (unpaired) electrons. The third-order valence-corrected chi connectivity index (χ3v) is 3.02. The summed E-state index contributed by atoms with van der Waals surface area (Å²) in [4.78, 5) is 0. The summed E-state index contributed by atoms with van der Waals surface area (Å²) in [5.41, 5.74) is 1.45. The number of rotatable bonds is 2. The van der Waals surface area contributed by atoms with Crippen molar-refractivity contribution in [2.24, 2.45) is 0 Å². The standard InChI is InChI=1S/C11H11S/c1-2-5-9-8-12-11-7-4-3-6-10(9)11/h3-4,6-8H,1-2,5H2. The fraction of sp³-hybridized carbons (Fsp3) is 0.182. The van der Waals surface area contributed by atoms with Crippen molar-refractivity contribution < 1.29 is 0 Å². The molecule has 1 aromatic carbocycles. The van der Waals surface area contributed by atoms with E-state index in [1.807, 2.05) is 11.3 Å². The highest BCUT2D eigenvalue weighted by Crippen LogP contribution is 2.26. The van der Waals surface area contributed by atoms with E-state index in [-0.39, 0.29) is 0 Å². The zero-order chi connectivity index (χ0) is 8.39. The van der Waals surface area contributed by atoms with E-state index in [2.05, 4.69) is 36.6 Å². The molecule has 1 aromatic heterocycles. The lowest BCUT2D eigenvalue weighted by atomic mass is 10.1. The van der Waals surface area contributed by atoms with Crippen LogP contribution in [0.3, 0.4) is 0 Å². The van der Waals surface area contributed by atoms with E-state index in [1.54, 1.807) is 0 Å². The van der Waals surface area contributed by atoms with Crippen LogP contribution >= 0.6 is 11.3 Å². The van der Waals surface area contributed by atoms with Crippen LogP contribution in [0.1, 0.15) is 12.0 Å². The highest BCUT2D eigenvalue weighted by Gasteiger charge is 2.00. The largest absolute Gasteiger partial charge is 0.144 e.